The van der Waals surface area contributed by atoms with Crippen LogP contribution in [0.1, 0.15) is 28.8 Å². The predicted octanol–water partition coefficient (Wildman–Crippen LogP) is 0.403. The highest BCUT2D eigenvalue weighted by molar-refractivity contribution is 7.92. The first-order valence-electron chi connectivity index (χ1n) is 9.12. The minimum absolute atomic E-state index is 0.00780. The maximum Gasteiger partial charge on any atom is 0.256 e. The first kappa shape index (κ1) is 19.6. The van der Waals surface area contributed by atoms with Gasteiger partial charge in [-0.05, 0) is 31.9 Å². The number of nitrogens with zero attached hydrogens (tertiary/aromatic N) is 2. The van der Waals surface area contributed by atoms with E-state index in [2.05, 4.69) is 10.0 Å². The van der Waals surface area contributed by atoms with Crippen molar-refractivity contribution in [3.8, 4) is 0 Å². The quantitative estimate of drug-likeness (QED) is 0.770. The maximum absolute atomic E-state index is 13.1. The summed E-state index contributed by atoms with van der Waals surface area (Å²) in [5.74, 6) is -0.146. The van der Waals surface area contributed by atoms with Crippen molar-refractivity contribution in [2.75, 3.05) is 43.7 Å². The van der Waals surface area contributed by atoms with Gasteiger partial charge in [-0.2, -0.15) is 0 Å². The molecule has 0 aromatic heterocycles. The molecule has 1 unspecified atom stereocenters. The number of anilines is 1. The molecule has 2 aliphatic heterocycles. The maximum atomic E-state index is 13.1. The van der Waals surface area contributed by atoms with Gasteiger partial charge in [0.1, 0.15) is 0 Å². The number of likely N-dealkylation sites (tertiary alicyclic amines) is 1. The second kappa shape index (κ2) is 7.85. The van der Waals surface area contributed by atoms with Gasteiger partial charge < -0.3 is 15.1 Å². The van der Waals surface area contributed by atoms with Gasteiger partial charge in [-0.3, -0.25) is 14.3 Å². The monoisotopic (exact) mass is 394 g/mol. The van der Waals surface area contributed by atoms with Crippen molar-refractivity contribution >= 4 is 27.5 Å². The Balaban J connectivity index is 1.81. The highest BCUT2D eigenvalue weighted by atomic mass is 32.2. The van der Waals surface area contributed by atoms with E-state index in [9.17, 15) is 18.0 Å². The number of amides is 2. The van der Waals surface area contributed by atoms with Gasteiger partial charge in [0.15, 0.2) is 0 Å². The van der Waals surface area contributed by atoms with Crippen LogP contribution in [-0.2, 0) is 14.8 Å². The third kappa shape index (κ3) is 4.78. The number of hydrogen-bond acceptors (Lipinski definition) is 5. The SMILES string of the molecule is Cc1ccc(NS(C)(=O)=O)c(C(=O)N2CCCC(N3CCNCC3=O)C2)c1. The number of carbonyl (C=O) groups excluding carboxylic acids is 2. The molecule has 3 rings (SSSR count). The molecule has 2 heterocycles. The van der Waals surface area contributed by atoms with E-state index < -0.39 is 10.0 Å². The molecular weight excluding hydrogens is 368 g/mol. The van der Waals surface area contributed by atoms with Crippen molar-refractivity contribution in [3.63, 3.8) is 0 Å². The van der Waals surface area contributed by atoms with Gasteiger partial charge in [-0.1, -0.05) is 11.6 Å². The third-order valence-electron chi connectivity index (χ3n) is 4.95. The summed E-state index contributed by atoms with van der Waals surface area (Å²) >= 11 is 0. The molecule has 2 aliphatic rings. The van der Waals surface area contributed by atoms with Crippen molar-refractivity contribution in [1.29, 1.82) is 0 Å². The van der Waals surface area contributed by atoms with Crippen molar-refractivity contribution in [3.05, 3.63) is 29.3 Å². The smallest absolute Gasteiger partial charge is 0.256 e. The molecule has 8 nitrogen and oxygen atoms in total. The Morgan fingerprint density at radius 1 is 1.30 bits per heavy atom. The van der Waals surface area contributed by atoms with E-state index in [1.807, 2.05) is 11.8 Å². The number of piperazine rings is 1. The number of rotatable bonds is 4. The summed E-state index contributed by atoms with van der Waals surface area (Å²) in [6.07, 6.45) is 2.75. The average molecular weight is 394 g/mol. The molecule has 0 saturated carbocycles. The molecule has 0 radical (unpaired) electrons. The average Bonchev–Trinajstić information content (AvgIpc) is 2.62. The lowest BCUT2D eigenvalue weighted by Gasteiger charge is -2.41. The molecule has 1 atom stereocenters. The fourth-order valence-corrected chi connectivity index (χ4v) is 4.27. The van der Waals surface area contributed by atoms with Gasteiger partial charge in [-0.15, -0.1) is 0 Å². The van der Waals surface area contributed by atoms with Gasteiger partial charge in [0.25, 0.3) is 5.91 Å². The van der Waals surface area contributed by atoms with Gasteiger partial charge in [0, 0.05) is 32.2 Å². The van der Waals surface area contributed by atoms with Crippen molar-refractivity contribution < 1.29 is 18.0 Å². The molecule has 2 fully saturated rings. The topological polar surface area (TPSA) is 98.8 Å². The summed E-state index contributed by atoms with van der Waals surface area (Å²) in [5, 5.41) is 3.06. The Kier molecular flexibility index (Phi) is 5.71. The number of piperidine rings is 1. The van der Waals surface area contributed by atoms with E-state index in [1.165, 1.54) is 0 Å². The van der Waals surface area contributed by atoms with Crippen LogP contribution in [0.5, 0.6) is 0 Å². The van der Waals surface area contributed by atoms with Gasteiger partial charge >= 0.3 is 0 Å². The highest BCUT2D eigenvalue weighted by Gasteiger charge is 2.32. The minimum atomic E-state index is -3.49. The molecule has 2 amide bonds. The summed E-state index contributed by atoms with van der Waals surface area (Å²) in [6, 6.07) is 5.09. The number of hydrogen-bond donors (Lipinski definition) is 2. The molecule has 0 spiro atoms. The van der Waals surface area contributed by atoms with Crippen LogP contribution in [0.3, 0.4) is 0 Å². The lowest BCUT2D eigenvalue weighted by molar-refractivity contribution is -0.135. The zero-order valence-corrected chi connectivity index (χ0v) is 16.5. The lowest BCUT2D eigenvalue weighted by Crippen LogP contribution is -2.57. The second-order valence-electron chi connectivity index (χ2n) is 7.23. The van der Waals surface area contributed by atoms with Crippen LogP contribution in [0.25, 0.3) is 0 Å². The molecule has 0 aliphatic carbocycles. The predicted molar refractivity (Wildman–Crippen MR) is 103 cm³/mol. The highest BCUT2D eigenvalue weighted by Crippen LogP contribution is 2.24. The van der Waals surface area contributed by atoms with Crippen LogP contribution in [0.2, 0.25) is 0 Å². The molecule has 2 N–H and O–H groups in total. The first-order chi connectivity index (χ1) is 12.7. The van der Waals surface area contributed by atoms with Crippen LogP contribution < -0.4 is 10.0 Å². The van der Waals surface area contributed by atoms with E-state index in [-0.39, 0.29) is 23.5 Å². The van der Waals surface area contributed by atoms with Crippen molar-refractivity contribution in [2.24, 2.45) is 0 Å². The molecule has 148 valence electrons. The Morgan fingerprint density at radius 3 is 2.78 bits per heavy atom. The Bertz CT molecular complexity index is 840. The van der Waals surface area contributed by atoms with Crippen LogP contribution in [0, 0.1) is 6.92 Å². The van der Waals surface area contributed by atoms with Crippen LogP contribution >= 0.6 is 0 Å². The van der Waals surface area contributed by atoms with E-state index in [1.54, 1.807) is 23.1 Å². The molecule has 0 bridgehead atoms. The zero-order valence-electron chi connectivity index (χ0n) is 15.7. The van der Waals surface area contributed by atoms with Gasteiger partial charge in [0.2, 0.25) is 15.9 Å². The largest absolute Gasteiger partial charge is 0.337 e. The summed E-state index contributed by atoms with van der Waals surface area (Å²) in [5.41, 5.74) is 1.50. The van der Waals surface area contributed by atoms with Crippen LogP contribution in [0.4, 0.5) is 5.69 Å². The minimum Gasteiger partial charge on any atom is -0.337 e. The van der Waals surface area contributed by atoms with E-state index in [0.717, 1.165) is 31.2 Å². The second-order valence-corrected chi connectivity index (χ2v) is 8.98. The molecule has 27 heavy (non-hydrogen) atoms. The molecule has 1 aromatic carbocycles. The number of aryl methyl sites for hydroxylation is 1. The van der Waals surface area contributed by atoms with Crippen LogP contribution in [0.15, 0.2) is 18.2 Å². The van der Waals surface area contributed by atoms with Crippen molar-refractivity contribution in [2.45, 2.75) is 25.8 Å². The molecule has 9 heteroatoms. The Morgan fingerprint density at radius 2 is 2.07 bits per heavy atom. The van der Waals surface area contributed by atoms with E-state index >= 15 is 0 Å². The fraction of sp³-hybridized carbons (Fsp3) is 0.556. The lowest BCUT2D eigenvalue weighted by atomic mass is 10.0. The molecular formula is C18H26N4O4S. The number of sulfonamides is 1. The van der Waals surface area contributed by atoms with Crippen LogP contribution in [-0.4, -0.2) is 75.1 Å². The number of nitrogens with one attached hydrogen (secondary N) is 2. The molecule has 2 saturated heterocycles. The molecule has 1 aromatic rings. The first-order valence-corrected chi connectivity index (χ1v) is 11.0. The Labute approximate surface area is 160 Å². The van der Waals surface area contributed by atoms with Gasteiger partial charge in [0.05, 0.1) is 24.1 Å². The zero-order chi connectivity index (χ0) is 19.6. The summed E-state index contributed by atoms with van der Waals surface area (Å²) in [6.45, 7) is 4.68. The number of benzene rings is 1. The standard InChI is InChI=1S/C18H26N4O4S/c1-13-5-6-16(20-27(2,25)26)15(10-13)18(24)21-8-3-4-14(12-21)22-9-7-19-11-17(22)23/h5-6,10,14,19-20H,3-4,7-9,11-12H2,1-2H3. The Hall–Kier alpha value is -2.13. The normalized spacial score (nSPS) is 21.3. The van der Waals surface area contributed by atoms with Crippen molar-refractivity contribution in [1.82, 2.24) is 15.1 Å². The third-order valence-corrected chi connectivity index (χ3v) is 5.54. The van der Waals surface area contributed by atoms with Gasteiger partial charge in [-0.25, -0.2) is 8.42 Å². The summed E-state index contributed by atoms with van der Waals surface area (Å²) in [4.78, 5) is 28.9. The number of carbonyl (C=O) groups is 2. The van der Waals surface area contributed by atoms with E-state index in [4.69, 9.17) is 0 Å². The van der Waals surface area contributed by atoms with E-state index in [0.29, 0.717) is 31.7 Å². The summed E-state index contributed by atoms with van der Waals surface area (Å²) < 4.78 is 25.7. The summed E-state index contributed by atoms with van der Waals surface area (Å²) in [7, 11) is -3.49. The fourth-order valence-electron chi connectivity index (χ4n) is 3.69.